The summed E-state index contributed by atoms with van der Waals surface area (Å²) in [7, 11) is -11.7. The second kappa shape index (κ2) is 21.0. The highest BCUT2D eigenvalue weighted by atomic mass is 32.2. The summed E-state index contributed by atoms with van der Waals surface area (Å²) in [6.07, 6.45) is 18.2. The van der Waals surface area contributed by atoms with Crippen LogP contribution in [0.15, 0.2) is 107 Å². The standard InChI is InChI=1S/C45H56N4O13S3/c1-5-47-37-20-18-33(64(56,57)58)31-35(37)44(2,24-14-30-63(53,54)55)39(47)15-10-7-6-8-11-16-40-45(3,25-29-62-4)36-32-34(65(59,60)61)19-21-38(36)48(40)27-13-9-12-17-41(50)46-26-28-49-42(51)22-23-43(49)52/h6-8,10-11,15-16,18-23,31-32H,5,9,12-14,17,24-30H2,1-4H3,(H3-,46,50,53,54,55,56,57,58,59,60,61)/p+1. The van der Waals surface area contributed by atoms with E-state index in [0.29, 0.717) is 62.2 Å². The third-order valence-corrected chi connectivity index (χ3v) is 14.5. The summed E-state index contributed by atoms with van der Waals surface area (Å²) in [4.78, 5) is 38.6. The molecule has 0 spiro atoms. The zero-order valence-electron chi connectivity index (χ0n) is 36.8. The first-order valence-corrected chi connectivity index (χ1v) is 25.7. The van der Waals surface area contributed by atoms with Crippen molar-refractivity contribution in [2.75, 3.05) is 50.5 Å². The van der Waals surface area contributed by atoms with Gasteiger partial charge in [-0.05, 0) is 94.8 Å². The molecule has 4 N–H and O–H groups in total. The van der Waals surface area contributed by atoms with Gasteiger partial charge in [0.1, 0.15) is 6.54 Å². The molecule has 0 fully saturated rings. The van der Waals surface area contributed by atoms with Crippen molar-refractivity contribution in [1.29, 1.82) is 0 Å². The Balaban J connectivity index is 1.36. The van der Waals surface area contributed by atoms with E-state index in [9.17, 15) is 53.3 Å². The fraction of sp³-hybridized carbons (Fsp3) is 0.422. The van der Waals surface area contributed by atoms with Gasteiger partial charge in [-0.2, -0.15) is 29.8 Å². The zero-order chi connectivity index (χ0) is 47.8. The fourth-order valence-electron chi connectivity index (χ4n) is 8.67. The van der Waals surface area contributed by atoms with Crippen LogP contribution in [0.1, 0.15) is 76.8 Å². The number of benzene rings is 2. The topological polar surface area (TPSA) is 245 Å². The van der Waals surface area contributed by atoms with Gasteiger partial charge < -0.3 is 15.0 Å². The molecule has 17 nitrogen and oxygen atoms in total. The summed E-state index contributed by atoms with van der Waals surface area (Å²) in [6.45, 7) is 7.38. The number of nitrogens with one attached hydrogen (secondary N) is 1. The molecule has 0 bridgehead atoms. The van der Waals surface area contributed by atoms with E-state index < -0.39 is 58.8 Å². The second-order valence-electron chi connectivity index (χ2n) is 16.4. The molecule has 0 saturated heterocycles. The van der Waals surface area contributed by atoms with Crippen LogP contribution in [-0.2, 0) is 60.3 Å². The highest BCUT2D eigenvalue weighted by molar-refractivity contribution is 7.86. The van der Waals surface area contributed by atoms with Gasteiger partial charge in [-0.3, -0.25) is 32.9 Å². The Hall–Kier alpha value is -5.09. The Kier molecular flexibility index (Phi) is 16.5. The predicted octanol–water partition coefficient (Wildman–Crippen LogP) is 5.19. The molecule has 0 radical (unpaired) electrons. The number of rotatable bonds is 23. The number of carbonyl (C=O) groups excluding carboxylic acids is 3. The van der Waals surface area contributed by atoms with Crippen LogP contribution in [0.2, 0.25) is 0 Å². The maximum absolute atomic E-state index is 12.5. The number of hydrogen-bond donors (Lipinski definition) is 4. The average molecular weight is 958 g/mol. The van der Waals surface area contributed by atoms with Crippen molar-refractivity contribution in [3.8, 4) is 0 Å². The third-order valence-electron chi connectivity index (χ3n) is 12.0. The summed E-state index contributed by atoms with van der Waals surface area (Å²) >= 11 is 0. The quantitative estimate of drug-likeness (QED) is 0.0368. The number of anilines is 1. The first kappa shape index (κ1) is 50.9. The van der Waals surface area contributed by atoms with Crippen molar-refractivity contribution in [3.63, 3.8) is 0 Å². The number of unbranched alkanes of at least 4 members (excludes halogenated alkanes) is 2. The van der Waals surface area contributed by atoms with Gasteiger partial charge in [-0.25, -0.2) is 0 Å². The lowest BCUT2D eigenvalue weighted by Crippen LogP contribution is -2.38. The van der Waals surface area contributed by atoms with E-state index in [1.807, 2.05) is 50.0 Å². The number of hydrogen-bond acceptors (Lipinski definition) is 11. The maximum Gasteiger partial charge on any atom is 0.294 e. The molecular formula is C45H57N4O13S3+. The summed E-state index contributed by atoms with van der Waals surface area (Å²) in [5.74, 6) is -1.50. The SMILES string of the molecule is CCN1/C(=C/C=C/C=C/C=C/C2=[N+](CCCCCC(=O)NCCN3C(=O)C=CC3=O)c3ccc(S(=O)(=O)O)cc3C2(C)CCOC)C(C)(CCCS(=O)(=O)O)c2cc(S(=O)(=O)O)ccc21. The predicted molar refractivity (Wildman–Crippen MR) is 245 cm³/mol. The van der Waals surface area contributed by atoms with Crippen LogP contribution < -0.4 is 10.2 Å². The highest BCUT2D eigenvalue weighted by Crippen LogP contribution is 2.51. The third kappa shape index (κ3) is 12.2. The van der Waals surface area contributed by atoms with Gasteiger partial charge in [0.2, 0.25) is 11.6 Å². The van der Waals surface area contributed by atoms with Crippen LogP contribution in [0, 0.1) is 0 Å². The molecule has 5 rings (SSSR count). The number of nitrogens with zero attached hydrogens (tertiary/aromatic N) is 3. The van der Waals surface area contributed by atoms with Crippen LogP contribution in [0.5, 0.6) is 0 Å². The van der Waals surface area contributed by atoms with Gasteiger partial charge in [-0.1, -0.05) is 30.4 Å². The van der Waals surface area contributed by atoms with Gasteiger partial charge in [-0.15, -0.1) is 0 Å². The molecular weight excluding hydrogens is 901 g/mol. The minimum absolute atomic E-state index is 0.0819. The number of amides is 3. The summed E-state index contributed by atoms with van der Waals surface area (Å²) < 4.78 is 109. The van der Waals surface area contributed by atoms with Crippen molar-refractivity contribution >= 4 is 65.2 Å². The Labute approximate surface area is 381 Å². The van der Waals surface area contributed by atoms with E-state index in [1.54, 1.807) is 37.5 Å². The van der Waals surface area contributed by atoms with E-state index in [2.05, 4.69) is 9.89 Å². The van der Waals surface area contributed by atoms with Crippen LogP contribution in [0.4, 0.5) is 11.4 Å². The zero-order valence-corrected chi connectivity index (χ0v) is 39.3. The Morgan fingerprint density at radius 3 is 2.05 bits per heavy atom. The molecule has 0 saturated carbocycles. The molecule has 352 valence electrons. The minimum Gasteiger partial charge on any atom is -0.385 e. The first-order valence-electron chi connectivity index (χ1n) is 21.2. The molecule has 3 aliphatic heterocycles. The number of fused-ring (bicyclic) bond motifs is 2. The van der Waals surface area contributed by atoms with Gasteiger partial charge in [0.15, 0.2) is 5.71 Å². The lowest BCUT2D eigenvalue weighted by Gasteiger charge is -2.30. The second-order valence-corrected chi connectivity index (χ2v) is 20.8. The van der Waals surface area contributed by atoms with E-state index in [4.69, 9.17) is 4.74 Å². The van der Waals surface area contributed by atoms with Gasteiger partial charge in [0.25, 0.3) is 42.2 Å². The van der Waals surface area contributed by atoms with Crippen LogP contribution in [0.25, 0.3) is 0 Å². The number of allylic oxidation sites excluding steroid dienone is 8. The van der Waals surface area contributed by atoms with Crippen LogP contribution >= 0.6 is 0 Å². The van der Waals surface area contributed by atoms with Crippen LogP contribution in [-0.4, -0.2) is 117 Å². The Morgan fingerprint density at radius 2 is 1.42 bits per heavy atom. The average Bonchev–Trinajstić information content (AvgIpc) is 3.77. The molecule has 0 aliphatic carbocycles. The number of imide groups is 1. The van der Waals surface area contributed by atoms with Crippen molar-refractivity contribution in [2.45, 2.75) is 86.3 Å². The van der Waals surface area contributed by atoms with E-state index in [1.165, 1.54) is 36.4 Å². The molecule has 65 heavy (non-hydrogen) atoms. The molecule has 0 aromatic heterocycles. The summed E-state index contributed by atoms with van der Waals surface area (Å²) in [6, 6.07) is 8.85. The number of carbonyl (C=O) groups is 3. The number of likely N-dealkylation sites (N-methyl/N-ethyl adjacent to an activating group) is 1. The lowest BCUT2D eigenvalue weighted by atomic mass is 9.76. The normalized spacial score (nSPS) is 20.8. The van der Waals surface area contributed by atoms with Crippen molar-refractivity contribution in [2.24, 2.45) is 0 Å². The summed E-state index contributed by atoms with van der Waals surface area (Å²) in [5.41, 5.74) is 2.77. The van der Waals surface area contributed by atoms with E-state index in [0.717, 1.165) is 22.0 Å². The van der Waals surface area contributed by atoms with Crippen molar-refractivity contribution < 1.29 is 62.6 Å². The van der Waals surface area contributed by atoms with E-state index >= 15 is 0 Å². The fourth-order valence-corrected chi connectivity index (χ4v) is 10.2. The summed E-state index contributed by atoms with van der Waals surface area (Å²) in [5, 5.41) is 2.75. The monoisotopic (exact) mass is 957 g/mol. The molecule has 2 aromatic rings. The number of methoxy groups -OCH3 is 1. The van der Waals surface area contributed by atoms with E-state index in [-0.39, 0.29) is 48.1 Å². The van der Waals surface area contributed by atoms with Crippen molar-refractivity contribution in [1.82, 2.24) is 10.2 Å². The molecule has 3 amide bonds. The van der Waals surface area contributed by atoms with Crippen LogP contribution in [0.3, 0.4) is 0 Å². The molecule has 2 unspecified atom stereocenters. The molecule has 2 aromatic carbocycles. The largest absolute Gasteiger partial charge is 0.385 e. The van der Waals surface area contributed by atoms with Gasteiger partial charge in [0, 0.05) is 92.8 Å². The van der Waals surface area contributed by atoms with Gasteiger partial charge in [0.05, 0.1) is 21.0 Å². The molecule has 2 atom stereocenters. The molecule has 3 heterocycles. The molecule has 20 heteroatoms. The van der Waals surface area contributed by atoms with Crippen molar-refractivity contribution in [3.05, 3.63) is 108 Å². The Bertz CT molecular complexity index is 2690. The highest BCUT2D eigenvalue weighted by Gasteiger charge is 2.48. The minimum atomic E-state index is -4.53. The molecule has 3 aliphatic rings. The smallest absolute Gasteiger partial charge is 0.294 e. The maximum atomic E-state index is 12.5. The Morgan fingerprint density at radius 1 is 0.785 bits per heavy atom. The first-order chi connectivity index (χ1) is 30.5. The number of ether oxygens (including phenoxy) is 1. The van der Waals surface area contributed by atoms with Gasteiger partial charge >= 0.3 is 0 Å². The lowest BCUT2D eigenvalue weighted by molar-refractivity contribution is -0.438.